The van der Waals surface area contributed by atoms with Crippen LogP contribution in [0.4, 0.5) is 5.82 Å². The van der Waals surface area contributed by atoms with Gasteiger partial charge in [0.15, 0.2) is 5.82 Å². The number of hydrogen-bond donors (Lipinski definition) is 1. The van der Waals surface area contributed by atoms with Gasteiger partial charge in [0.2, 0.25) is 0 Å². The molecule has 1 atom stereocenters. The van der Waals surface area contributed by atoms with Crippen molar-refractivity contribution in [2.24, 2.45) is 0 Å². The zero-order chi connectivity index (χ0) is 25.4. The van der Waals surface area contributed by atoms with Gasteiger partial charge in [-0.2, -0.15) is 0 Å². The summed E-state index contributed by atoms with van der Waals surface area (Å²) in [5, 5.41) is 0.621. The van der Waals surface area contributed by atoms with E-state index in [0.717, 1.165) is 25.1 Å². The molecule has 0 bridgehead atoms. The van der Waals surface area contributed by atoms with Crippen molar-refractivity contribution in [3.63, 3.8) is 0 Å². The molecule has 2 N–H and O–H groups in total. The van der Waals surface area contributed by atoms with Crippen LogP contribution < -0.4 is 10.5 Å². The number of carbonyl (C=O) groups is 1. The number of aromatic nitrogens is 2. The summed E-state index contributed by atoms with van der Waals surface area (Å²) in [4.78, 5) is 25.3. The first-order chi connectivity index (χ1) is 16.6. The summed E-state index contributed by atoms with van der Waals surface area (Å²) in [5.74, 6) is 0.108. The van der Waals surface area contributed by atoms with E-state index in [-0.39, 0.29) is 22.6 Å². The predicted molar refractivity (Wildman–Crippen MR) is 140 cm³/mol. The molecule has 2 heterocycles. The van der Waals surface area contributed by atoms with Gasteiger partial charge in [-0.05, 0) is 68.3 Å². The summed E-state index contributed by atoms with van der Waals surface area (Å²) in [6, 6.07) is 7.53. The molecule has 2 aromatic carbocycles. The number of fused-ring (bicyclic) bond motifs is 1. The SMILES string of the molecule is Cc1cc(-c2cnc(N)c(OC(C)c3c(Cl)ccc(C(=O)N(C)C)c3Cl)n2)cc2c1CCN(C)C2. The van der Waals surface area contributed by atoms with Crippen molar-refractivity contribution < 1.29 is 9.53 Å². The smallest absolute Gasteiger partial charge is 0.258 e. The summed E-state index contributed by atoms with van der Waals surface area (Å²) in [7, 11) is 5.45. The summed E-state index contributed by atoms with van der Waals surface area (Å²) in [6.07, 6.45) is 2.06. The number of likely N-dealkylation sites (N-methyl/N-ethyl adjacent to an activating group) is 1. The number of aryl methyl sites for hydroxylation is 1. The molecule has 1 aliphatic heterocycles. The van der Waals surface area contributed by atoms with E-state index in [2.05, 4.69) is 41.0 Å². The zero-order valence-corrected chi connectivity index (χ0v) is 22.0. The third-order valence-electron chi connectivity index (χ3n) is 6.27. The second kappa shape index (κ2) is 10.0. The molecule has 0 saturated carbocycles. The first kappa shape index (κ1) is 25.2. The molecular weight excluding hydrogens is 485 g/mol. The number of halogens is 2. The second-order valence-corrected chi connectivity index (χ2v) is 9.93. The molecular formula is C26H29Cl2N5O2. The maximum atomic E-state index is 12.5. The van der Waals surface area contributed by atoms with Gasteiger partial charge in [-0.3, -0.25) is 4.79 Å². The van der Waals surface area contributed by atoms with Crippen LogP contribution in [0.15, 0.2) is 30.5 Å². The Labute approximate surface area is 215 Å². The lowest BCUT2D eigenvalue weighted by Gasteiger charge is -2.27. The molecule has 35 heavy (non-hydrogen) atoms. The summed E-state index contributed by atoms with van der Waals surface area (Å²) in [6.45, 7) is 5.86. The highest BCUT2D eigenvalue weighted by molar-refractivity contribution is 6.38. The van der Waals surface area contributed by atoms with Crippen LogP contribution in [-0.2, 0) is 13.0 Å². The normalized spacial score (nSPS) is 14.4. The average Bonchev–Trinajstić information content (AvgIpc) is 2.79. The molecule has 9 heteroatoms. The van der Waals surface area contributed by atoms with Gasteiger partial charge in [0, 0.05) is 43.3 Å². The summed E-state index contributed by atoms with van der Waals surface area (Å²) >= 11 is 13.0. The van der Waals surface area contributed by atoms with Crippen molar-refractivity contribution in [3.8, 4) is 17.1 Å². The quantitative estimate of drug-likeness (QED) is 0.506. The fraction of sp³-hybridized carbons (Fsp3) is 0.346. The monoisotopic (exact) mass is 513 g/mol. The number of ether oxygens (including phenoxy) is 1. The fourth-order valence-electron chi connectivity index (χ4n) is 4.39. The number of nitrogen functional groups attached to an aromatic ring is 1. The van der Waals surface area contributed by atoms with Crippen LogP contribution >= 0.6 is 23.2 Å². The molecule has 0 aliphatic carbocycles. The molecule has 0 saturated heterocycles. The van der Waals surface area contributed by atoms with Crippen LogP contribution in [-0.4, -0.2) is 53.4 Å². The standard InChI is InChI=1S/C26H29Cl2N5O2/c1-14-10-16(11-17-13-33(5)9-8-18(14)17)21-12-30-24(29)25(31-21)35-15(2)22-20(27)7-6-19(23(22)28)26(34)32(3)4/h6-7,10-12,15H,8-9,13H2,1-5H3,(H2,29,30). The molecule has 7 nitrogen and oxygen atoms in total. The molecule has 4 rings (SSSR count). The lowest BCUT2D eigenvalue weighted by molar-refractivity contribution is 0.0827. The largest absolute Gasteiger partial charge is 0.467 e. The van der Waals surface area contributed by atoms with E-state index in [4.69, 9.17) is 33.7 Å². The van der Waals surface area contributed by atoms with Crippen molar-refractivity contribution in [1.29, 1.82) is 0 Å². The van der Waals surface area contributed by atoms with Crippen LogP contribution in [0.5, 0.6) is 5.88 Å². The number of rotatable bonds is 5. The number of nitrogens with zero attached hydrogens (tertiary/aromatic N) is 4. The maximum absolute atomic E-state index is 12.5. The molecule has 1 aromatic heterocycles. The van der Waals surface area contributed by atoms with Gasteiger partial charge in [0.25, 0.3) is 11.8 Å². The van der Waals surface area contributed by atoms with Crippen LogP contribution in [0.1, 0.15) is 45.6 Å². The van der Waals surface area contributed by atoms with E-state index >= 15 is 0 Å². The second-order valence-electron chi connectivity index (χ2n) is 9.15. The highest BCUT2D eigenvalue weighted by Gasteiger charge is 2.24. The molecule has 3 aromatic rings. The third-order valence-corrected chi connectivity index (χ3v) is 7.01. The Morgan fingerprint density at radius 2 is 2.00 bits per heavy atom. The number of carbonyl (C=O) groups excluding carboxylic acids is 1. The third kappa shape index (κ3) is 5.08. The van der Waals surface area contributed by atoms with Crippen molar-refractivity contribution in [3.05, 3.63) is 68.3 Å². The highest BCUT2D eigenvalue weighted by atomic mass is 35.5. The van der Waals surface area contributed by atoms with Crippen molar-refractivity contribution in [2.75, 3.05) is 33.4 Å². The predicted octanol–water partition coefficient (Wildman–Crippen LogP) is 5.17. The molecule has 1 amide bonds. The Kier molecular flexibility index (Phi) is 7.22. The van der Waals surface area contributed by atoms with Gasteiger partial charge in [-0.25, -0.2) is 9.97 Å². The lowest BCUT2D eigenvalue weighted by atomic mass is 9.92. The van der Waals surface area contributed by atoms with Crippen LogP contribution in [0.3, 0.4) is 0 Å². The first-order valence-corrected chi connectivity index (χ1v) is 12.1. The lowest BCUT2D eigenvalue weighted by Crippen LogP contribution is -2.27. The topological polar surface area (TPSA) is 84.6 Å². The number of hydrogen-bond acceptors (Lipinski definition) is 6. The molecule has 0 radical (unpaired) electrons. The van der Waals surface area contributed by atoms with Crippen molar-refractivity contribution in [1.82, 2.24) is 19.8 Å². The van der Waals surface area contributed by atoms with Gasteiger partial charge in [-0.15, -0.1) is 0 Å². The minimum absolute atomic E-state index is 0.155. The molecule has 0 fully saturated rings. The zero-order valence-electron chi connectivity index (χ0n) is 20.5. The first-order valence-electron chi connectivity index (χ1n) is 11.4. The number of benzene rings is 2. The molecule has 1 unspecified atom stereocenters. The Hall–Kier alpha value is -2.87. The summed E-state index contributed by atoms with van der Waals surface area (Å²) in [5.41, 5.74) is 12.5. The minimum atomic E-state index is -0.629. The van der Waals surface area contributed by atoms with Crippen LogP contribution in [0.2, 0.25) is 10.0 Å². The highest BCUT2D eigenvalue weighted by Crippen LogP contribution is 2.37. The number of amides is 1. The van der Waals surface area contributed by atoms with E-state index in [0.29, 0.717) is 21.8 Å². The van der Waals surface area contributed by atoms with Gasteiger partial charge >= 0.3 is 0 Å². The fourth-order valence-corrected chi connectivity index (χ4v) is 5.15. The van der Waals surface area contributed by atoms with Crippen molar-refractivity contribution >= 4 is 34.9 Å². The van der Waals surface area contributed by atoms with Gasteiger partial charge in [0.05, 0.1) is 22.5 Å². The van der Waals surface area contributed by atoms with Gasteiger partial charge in [0.1, 0.15) is 6.10 Å². The van der Waals surface area contributed by atoms with Gasteiger partial charge < -0.3 is 20.3 Å². The Morgan fingerprint density at radius 1 is 1.26 bits per heavy atom. The minimum Gasteiger partial charge on any atom is -0.467 e. The van der Waals surface area contributed by atoms with E-state index in [1.54, 1.807) is 39.3 Å². The Morgan fingerprint density at radius 3 is 2.71 bits per heavy atom. The molecule has 1 aliphatic rings. The molecule has 0 spiro atoms. The van der Waals surface area contributed by atoms with E-state index < -0.39 is 6.10 Å². The van der Waals surface area contributed by atoms with Gasteiger partial charge in [-0.1, -0.05) is 23.2 Å². The van der Waals surface area contributed by atoms with Crippen LogP contribution in [0.25, 0.3) is 11.3 Å². The van der Waals surface area contributed by atoms with Crippen LogP contribution in [0, 0.1) is 6.92 Å². The van der Waals surface area contributed by atoms with E-state index in [1.807, 2.05) is 0 Å². The number of nitrogens with two attached hydrogens (primary N) is 1. The number of anilines is 1. The van der Waals surface area contributed by atoms with E-state index in [1.165, 1.54) is 21.6 Å². The Bertz CT molecular complexity index is 1300. The molecule has 184 valence electrons. The Balaban J connectivity index is 1.68. The maximum Gasteiger partial charge on any atom is 0.258 e. The average molecular weight is 514 g/mol. The van der Waals surface area contributed by atoms with E-state index in [9.17, 15) is 4.79 Å². The summed E-state index contributed by atoms with van der Waals surface area (Å²) < 4.78 is 6.11. The van der Waals surface area contributed by atoms with Crippen molar-refractivity contribution in [2.45, 2.75) is 32.9 Å².